The second-order valence-corrected chi connectivity index (χ2v) is 3.59. The third-order valence-electron chi connectivity index (χ3n) is 1.95. The molecule has 0 saturated heterocycles. The van der Waals surface area contributed by atoms with Gasteiger partial charge in [0.1, 0.15) is 6.61 Å². The molecule has 0 saturated carbocycles. The molecule has 1 N–H and O–H groups in total. The van der Waals surface area contributed by atoms with Crippen LogP contribution in [0.3, 0.4) is 0 Å². The van der Waals surface area contributed by atoms with Crippen LogP contribution in [0, 0.1) is 0 Å². The Hall–Kier alpha value is -2.88. The fourth-order valence-corrected chi connectivity index (χ4v) is 1.07. The lowest BCUT2D eigenvalue weighted by atomic mass is 10.2. The average Bonchev–Trinajstić information content (AvgIpc) is 2.50. The van der Waals surface area contributed by atoms with Crippen molar-refractivity contribution in [1.82, 2.24) is 0 Å². The minimum Gasteiger partial charge on any atom is -0.478 e. The molecular formula is C17H18O4. The van der Waals surface area contributed by atoms with Gasteiger partial charge in [-0.25, -0.2) is 9.59 Å². The molecule has 0 aliphatic carbocycles. The highest BCUT2D eigenvalue weighted by atomic mass is 16.5. The number of carboxylic acids is 1. The predicted molar refractivity (Wildman–Crippen MR) is 83.6 cm³/mol. The molecule has 0 radical (unpaired) electrons. The fraction of sp³-hybridized carbons (Fsp3) is 0.0588. The van der Waals surface area contributed by atoms with Gasteiger partial charge in [-0.15, -0.1) is 0 Å². The Bertz CT molecular complexity index is 513. The Balaban J connectivity index is 0.000000433. The monoisotopic (exact) mass is 286 g/mol. The summed E-state index contributed by atoms with van der Waals surface area (Å²) < 4.78 is 4.47. The van der Waals surface area contributed by atoms with Crippen LogP contribution in [0.15, 0.2) is 73.9 Å². The van der Waals surface area contributed by atoms with E-state index >= 15 is 0 Å². The number of carbonyl (C=O) groups is 2. The maximum absolute atomic E-state index is 10.2. The van der Waals surface area contributed by atoms with Gasteiger partial charge in [-0.1, -0.05) is 67.8 Å². The molecule has 0 heterocycles. The minimum absolute atomic E-state index is 0.255. The zero-order valence-corrected chi connectivity index (χ0v) is 11.6. The quantitative estimate of drug-likeness (QED) is 0.377. The molecule has 0 aromatic heterocycles. The first-order chi connectivity index (χ1) is 10.1. The molecule has 1 aromatic carbocycles. The SMILES string of the molecule is C=CCOC(=O)C=C.O=C(O)C=CC=Cc1ccccc1. The molecule has 1 rings (SSSR count). The van der Waals surface area contributed by atoms with Crippen LogP contribution >= 0.6 is 0 Å². The lowest BCUT2D eigenvalue weighted by Gasteiger charge is -1.92. The van der Waals surface area contributed by atoms with E-state index in [1.54, 1.807) is 6.08 Å². The molecule has 4 heteroatoms. The Morgan fingerprint density at radius 2 is 1.81 bits per heavy atom. The van der Waals surface area contributed by atoms with Crippen molar-refractivity contribution in [3.05, 3.63) is 79.4 Å². The fourth-order valence-electron chi connectivity index (χ4n) is 1.07. The van der Waals surface area contributed by atoms with Gasteiger partial charge >= 0.3 is 11.9 Å². The zero-order chi connectivity index (χ0) is 15.9. The van der Waals surface area contributed by atoms with Crippen molar-refractivity contribution in [2.24, 2.45) is 0 Å². The van der Waals surface area contributed by atoms with Crippen LogP contribution in [0.1, 0.15) is 5.56 Å². The van der Waals surface area contributed by atoms with E-state index in [1.807, 2.05) is 36.4 Å². The first-order valence-corrected chi connectivity index (χ1v) is 6.13. The van der Waals surface area contributed by atoms with Crippen LogP contribution in [0.5, 0.6) is 0 Å². The van der Waals surface area contributed by atoms with Crippen molar-refractivity contribution in [3.63, 3.8) is 0 Å². The number of benzene rings is 1. The number of hydrogen-bond acceptors (Lipinski definition) is 3. The molecule has 0 atom stereocenters. The molecule has 0 aliphatic heterocycles. The smallest absolute Gasteiger partial charge is 0.330 e. The summed E-state index contributed by atoms with van der Waals surface area (Å²) in [5.41, 5.74) is 1.05. The highest BCUT2D eigenvalue weighted by Crippen LogP contribution is 2.00. The average molecular weight is 286 g/mol. The van der Waals surface area contributed by atoms with Gasteiger partial charge in [-0.3, -0.25) is 0 Å². The van der Waals surface area contributed by atoms with E-state index in [9.17, 15) is 9.59 Å². The molecule has 0 bridgehead atoms. The van der Waals surface area contributed by atoms with Crippen LogP contribution in [0.2, 0.25) is 0 Å². The third-order valence-corrected chi connectivity index (χ3v) is 1.95. The number of carboxylic acid groups (broad SMARTS) is 1. The molecule has 110 valence electrons. The molecule has 0 aliphatic rings. The number of aliphatic carboxylic acids is 1. The van der Waals surface area contributed by atoms with Gasteiger partial charge in [0.25, 0.3) is 0 Å². The second-order valence-electron chi connectivity index (χ2n) is 3.59. The van der Waals surface area contributed by atoms with Crippen LogP contribution in [0.25, 0.3) is 6.08 Å². The van der Waals surface area contributed by atoms with Crippen molar-refractivity contribution >= 4 is 18.0 Å². The largest absolute Gasteiger partial charge is 0.478 e. The molecule has 21 heavy (non-hydrogen) atoms. The highest BCUT2D eigenvalue weighted by molar-refractivity contribution is 5.81. The summed E-state index contributed by atoms with van der Waals surface area (Å²) in [5.74, 6) is -1.34. The van der Waals surface area contributed by atoms with E-state index < -0.39 is 11.9 Å². The summed E-state index contributed by atoms with van der Waals surface area (Å²) in [4.78, 5) is 20.3. The summed E-state index contributed by atoms with van der Waals surface area (Å²) in [5, 5.41) is 8.29. The van der Waals surface area contributed by atoms with Gasteiger partial charge in [-0.05, 0) is 5.56 Å². The van der Waals surface area contributed by atoms with Crippen LogP contribution in [0.4, 0.5) is 0 Å². The van der Waals surface area contributed by atoms with E-state index in [1.165, 1.54) is 12.2 Å². The maximum atomic E-state index is 10.2. The summed E-state index contributed by atoms with van der Waals surface area (Å²) in [6, 6.07) is 9.70. The normalized spacial score (nSPS) is 9.71. The standard InChI is InChI=1S/C11H10O2.C6H8O2/c12-11(13)9-5-4-8-10-6-2-1-3-7-10;1-3-5-8-6(7)4-2/h1-9H,(H,12,13);3-4H,1-2,5H2. The maximum Gasteiger partial charge on any atom is 0.330 e. The van der Waals surface area contributed by atoms with Crippen LogP contribution in [-0.4, -0.2) is 23.7 Å². The lowest BCUT2D eigenvalue weighted by Crippen LogP contribution is -1.98. The molecule has 0 fully saturated rings. The molecule has 0 spiro atoms. The summed E-state index contributed by atoms with van der Waals surface area (Å²) >= 11 is 0. The van der Waals surface area contributed by atoms with Gasteiger partial charge in [0, 0.05) is 12.2 Å². The van der Waals surface area contributed by atoms with Crippen molar-refractivity contribution in [2.75, 3.05) is 6.61 Å². The van der Waals surface area contributed by atoms with E-state index in [4.69, 9.17) is 5.11 Å². The lowest BCUT2D eigenvalue weighted by molar-refractivity contribution is -0.136. The Morgan fingerprint density at radius 3 is 2.33 bits per heavy atom. The molecular weight excluding hydrogens is 268 g/mol. The van der Waals surface area contributed by atoms with E-state index in [2.05, 4.69) is 17.9 Å². The minimum atomic E-state index is -0.933. The molecule has 4 nitrogen and oxygen atoms in total. The first kappa shape index (κ1) is 18.1. The molecule has 1 aromatic rings. The van der Waals surface area contributed by atoms with Crippen molar-refractivity contribution in [1.29, 1.82) is 0 Å². The molecule has 0 unspecified atom stereocenters. The number of ether oxygens (including phenoxy) is 1. The Morgan fingerprint density at radius 1 is 1.14 bits per heavy atom. The highest BCUT2D eigenvalue weighted by Gasteiger charge is 1.88. The van der Waals surface area contributed by atoms with Crippen molar-refractivity contribution in [2.45, 2.75) is 0 Å². The Kier molecular flexibility index (Phi) is 10.5. The van der Waals surface area contributed by atoms with Crippen LogP contribution < -0.4 is 0 Å². The number of hydrogen-bond donors (Lipinski definition) is 1. The summed E-state index contributed by atoms with van der Waals surface area (Å²) in [6.45, 7) is 6.81. The number of allylic oxidation sites excluding steroid dienone is 2. The summed E-state index contributed by atoms with van der Waals surface area (Å²) in [7, 11) is 0. The van der Waals surface area contributed by atoms with Gasteiger partial charge in [0.2, 0.25) is 0 Å². The van der Waals surface area contributed by atoms with Gasteiger partial charge in [0.05, 0.1) is 0 Å². The predicted octanol–water partition coefficient (Wildman–Crippen LogP) is 3.24. The van der Waals surface area contributed by atoms with Crippen molar-refractivity contribution < 1.29 is 19.4 Å². The Labute approximate surface area is 124 Å². The van der Waals surface area contributed by atoms with Crippen molar-refractivity contribution in [3.8, 4) is 0 Å². The van der Waals surface area contributed by atoms with Crippen LogP contribution in [-0.2, 0) is 14.3 Å². The van der Waals surface area contributed by atoms with E-state index in [0.29, 0.717) is 0 Å². The summed E-state index contributed by atoms with van der Waals surface area (Å²) in [6.07, 6.45) is 8.75. The first-order valence-electron chi connectivity index (χ1n) is 6.13. The molecule has 0 amide bonds. The number of rotatable bonds is 6. The number of carbonyl (C=O) groups excluding carboxylic acids is 1. The van der Waals surface area contributed by atoms with Gasteiger partial charge < -0.3 is 9.84 Å². The number of esters is 1. The zero-order valence-electron chi connectivity index (χ0n) is 11.6. The van der Waals surface area contributed by atoms with E-state index in [0.717, 1.165) is 17.7 Å². The van der Waals surface area contributed by atoms with Gasteiger partial charge in [-0.2, -0.15) is 0 Å². The third kappa shape index (κ3) is 11.9. The van der Waals surface area contributed by atoms with E-state index in [-0.39, 0.29) is 6.61 Å². The second kappa shape index (κ2) is 12.2. The van der Waals surface area contributed by atoms with Gasteiger partial charge in [0.15, 0.2) is 0 Å². The topological polar surface area (TPSA) is 63.6 Å².